The fourth-order valence-corrected chi connectivity index (χ4v) is 2.77. The van der Waals surface area contributed by atoms with Crippen LogP contribution in [0.1, 0.15) is 17.0 Å². The molecule has 3 rings (SSSR count). The zero-order valence-corrected chi connectivity index (χ0v) is 13.0. The Morgan fingerprint density at radius 2 is 1.71 bits per heavy atom. The molecule has 0 radical (unpaired) electrons. The maximum absolute atomic E-state index is 6.37. The average molecular weight is 298 g/mol. The molecule has 1 N–H and O–H groups in total. The number of hydrogen-bond acceptors (Lipinski definition) is 2. The van der Waals surface area contributed by atoms with Crippen LogP contribution in [0.4, 0.5) is 0 Å². The van der Waals surface area contributed by atoms with Crippen molar-refractivity contribution >= 4 is 11.6 Å². The van der Waals surface area contributed by atoms with Crippen LogP contribution in [-0.4, -0.2) is 15.0 Å². The Morgan fingerprint density at radius 1 is 1.00 bits per heavy atom. The minimum Gasteiger partial charge on any atom is -0.354 e. The number of H-pyrrole nitrogens is 1. The second-order valence-electron chi connectivity index (χ2n) is 5.19. The van der Waals surface area contributed by atoms with E-state index in [1.54, 1.807) is 0 Å². The number of nitrogens with zero attached hydrogens (tertiary/aromatic N) is 2. The van der Waals surface area contributed by atoms with Crippen LogP contribution in [0.3, 0.4) is 0 Å². The SMILES string of the molecule is Cc1ncc(-c2cc(C)c(-c3c(C)cccc3Cl)[nH]2)cn1. The Hall–Kier alpha value is -2.13. The molecule has 0 aliphatic rings. The van der Waals surface area contributed by atoms with E-state index in [0.29, 0.717) is 0 Å². The smallest absolute Gasteiger partial charge is 0.125 e. The van der Waals surface area contributed by atoms with Crippen molar-refractivity contribution in [3.63, 3.8) is 0 Å². The van der Waals surface area contributed by atoms with Gasteiger partial charge in [0.05, 0.1) is 10.7 Å². The maximum Gasteiger partial charge on any atom is 0.125 e. The summed E-state index contributed by atoms with van der Waals surface area (Å²) in [5.41, 5.74) is 6.38. The minimum atomic E-state index is 0.756. The Balaban J connectivity index is 2.12. The molecule has 0 amide bonds. The van der Waals surface area contributed by atoms with Gasteiger partial charge in [0.2, 0.25) is 0 Å². The lowest BCUT2D eigenvalue weighted by Crippen LogP contribution is -1.89. The third-order valence-electron chi connectivity index (χ3n) is 3.58. The van der Waals surface area contributed by atoms with E-state index >= 15 is 0 Å². The Labute approximate surface area is 129 Å². The number of aromatic amines is 1. The second-order valence-corrected chi connectivity index (χ2v) is 5.60. The van der Waals surface area contributed by atoms with Crippen molar-refractivity contribution < 1.29 is 0 Å². The monoisotopic (exact) mass is 297 g/mol. The Bertz CT molecular complexity index is 768. The van der Waals surface area contributed by atoms with Crippen molar-refractivity contribution in [1.29, 1.82) is 0 Å². The summed E-state index contributed by atoms with van der Waals surface area (Å²) in [5.74, 6) is 0.768. The molecule has 0 fully saturated rings. The first-order valence-corrected chi connectivity index (χ1v) is 7.18. The topological polar surface area (TPSA) is 41.6 Å². The largest absolute Gasteiger partial charge is 0.354 e. The summed E-state index contributed by atoms with van der Waals surface area (Å²) >= 11 is 6.37. The second kappa shape index (κ2) is 5.34. The van der Waals surface area contributed by atoms with Crippen molar-refractivity contribution in [2.75, 3.05) is 0 Å². The van der Waals surface area contributed by atoms with Crippen molar-refractivity contribution in [3.05, 3.63) is 58.6 Å². The van der Waals surface area contributed by atoms with Gasteiger partial charge in [-0.25, -0.2) is 9.97 Å². The number of nitrogens with one attached hydrogen (secondary N) is 1. The van der Waals surface area contributed by atoms with Gasteiger partial charge in [-0.3, -0.25) is 0 Å². The number of aryl methyl sites for hydroxylation is 3. The molecule has 4 heteroatoms. The van der Waals surface area contributed by atoms with Crippen LogP contribution in [0.15, 0.2) is 36.7 Å². The van der Waals surface area contributed by atoms with Crippen molar-refractivity contribution in [2.45, 2.75) is 20.8 Å². The molecule has 0 aliphatic heterocycles. The van der Waals surface area contributed by atoms with Crippen LogP contribution in [0.25, 0.3) is 22.5 Å². The van der Waals surface area contributed by atoms with Gasteiger partial charge in [0, 0.05) is 29.2 Å². The average Bonchev–Trinajstić information content (AvgIpc) is 2.81. The van der Waals surface area contributed by atoms with Gasteiger partial charge in [-0.1, -0.05) is 23.7 Å². The van der Waals surface area contributed by atoms with Crippen LogP contribution in [-0.2, 0) is 0 Å². The van der Waals surface area contributed by atoms with E-state index in [1.165, 1.54) is 0 Å². The number of benzene rings is 1. The van der Waals surface area contributed by atoms with Gasteiger partial charge in [0.25, 0.3) is 0 Å². The summed E-state index contributed by atoms with van der Waals surface area (Å²) in [5, 5.41) is 0.756. The molecule has 0 atom stereocenters. The summed E-state index contributed by atoms with van der Waals surface area (Å²) in [7, 11) is 0. The third kappa shape index (κ3) is 2.57. The molecule has 2 aromatic heterocycles. The van der Waals surface area contributed by atoms with Gasteiger partial charge in [-0.2, -0.15) is 0 Å². The zero-order chi connectivity index (χ0) is 15.0. The van der Waals surface area contributed by atoms with Crippen LogP contribution in [0.2, 0.25) is 5.02 Å². The standard InChI is InChI=1S/C17H16ClN3/c1-10-5-4-6-14(18)16(10)17-11(2)7-15(21-17)13-8-19-12(3)20-9-13/h4-9,21H,1-3H3. The predicted octanol–water partition coefficient (Wildman–Crippen LogP) is 4.72. The first kappa shape index (κ1) is 13.8. The molecular formula is C17H16ClN3. The highest BCUT2D eigenvalue weighted by Crippen LogP contribution is 2.34. The minimum absolute atomic E-state index is 0.756. The lowest BCUT2D eigenvalue weighted by Gasteiger charge is -2.07. The Kier molecular flexibility index (Phi) is 3.52. The molecule has 0 saturated carbocycles. The van der Waals surface area contributed by atoms with E-state index < -0.39 is 0 Å². The maximum atomic E-state index is 6.37. The molecule has 3 nitrogen and oxygen atoms in total. The van der Waals surface area contributed by atoms with Gasteiger partial charge in [0.15, 0.2) is 0 Å². The number of rotatable bonds is 2. The lowest BCUT2D eigenvalue weighted by atomic mass is 10.0. The fraction of sp³-hybridized carbons (Fsp3) is 0.176. The summed E-state index contributed by atoms with van der Waals surface area (Å²) in [6.45, 7) is 6.02. The predicted molar refractivity (Wildman–Crippen MR) is 86.5 cm³/mol. The van der Waals surface area contributed by atoms with Crippen molar-refractivity contribution in [2.24, 2.45) is 0 Å². The zero-order valence-electron chi connectivity index (χ0n) is 12.2. The summed E-state index contributed by atoms with van der Waals surface area (Å²) in [6, 6.07) is 8.05. The van der Waals surface area contributed by atoms with Crippen molar-refractivity contribution in [1.82, 2.24) is 15.0 Å². The Morgan fingerprint density at radius 3 is 2.38 bits per heavy atom. The molecule has 0 saturated heterocycles. The summed E-state index contributed by atoms with van der Waals surface area (Å²) < 4.78 is 0. The highest BCUT2D eigenvalue weighted by Gasteiger charge is 2.13. The molecule has 0 spiro atoms. The van der Waals surface area contributed by atoms with Crippen LogP contribution in [0.5, 0.6) is 0 Å². The molecule has 0 bridgehead atoms. The first-order chi connectivity index (χ1) is 10.1. The summed E-state index contributed by atoms with van der Waals surface area (Å²) in [6.07, 6.45) is 3.66. The van der Waals surface area contributed by atoms with E-state index in [2.05, 4.69) is 40.9 Å². The van der Waals surface area contributed by atoms with E-state index in [9.17, 15) is 0 Å². The van der Waals surface area contributed by atoms with E-state index in [1.807, 2.05) is 31.5 Å². The van der Waals surface area contributed by atoms with E-state index in [4.69, 9.17) is 11.6 Å². The van der Waals surface area contributed by atoms with Gasteiger partial charge >= 0.3 is 0 Å². The molecular weight excluding hydrogens is 282 g/mol. The van der Waals surface area contributed by atoms with Gasteiger partial charge in [0.1, 0.15) is 5.82 Å². The molecule has 21 heavy (non-hydrogen) atoms. The van der Waals surface area contributed by atoms with Gasteiger partial charge in [-0.15, -0.1) is 0 Å². The summed E-state index contributed by atoms with van der Waals surface area (Å²) in [4.78, 5) is 11.9. The van der Waals surface area contributed by atoms with Crippen LogP contribution >= 0.6 is 11.6 Å². The molecule has 2 heterocycles. The molecule has 0 aliphatic carbocycles. The highest BCUT2D eigenvalue weighted by atomic mass is 35.5. The molecule has 3 aromatic rings. The van der Waals surface area contributed by atoms with Gasteiger partial charge < -0.3 is 4.98 Å². The normalized spacial score (nSPS) is 10.9. The van der Waals surface area contributed by atoms with E-state index in [-0.39, 0.29) is 0 Å². The fourth-order valence-electron chi connectivity index (χ4n) is 2.45. The van der Waals surface area contributed by atoms with Gasteiger partial charge in [-0.05, 0) is 44.0 Å². The number of hydrogen-bond donors (Lipinski definition) is 1. The first-order valence-electron chi connectivity index (χ1n) is 6.80. The van der Waals surface area contributed by atoms with Crippen molar-refractivity contribution in [3.8, 4) is 22.5 Å². The third-order valence-corrected chi connectivity index (χ3v) is 3.89. The number of aromatic nitrogens is 3. The highest BCUT2D eigenvalue weighted by molar-refractivity contribution is 6.33. The lowest BCUT2D eigenvalue weighted by molar-refractivity contribution is 1.05. The quantitative estimate of drug-likeness (QED) is 0.744. The van der Waals surface area contributed by atoms with Crippen LogP contribution in [0, 0.1) is 20.8 Å². The molecule has 106 valence electrons. The molecule has 1 aromatic carbocycles. The number of halogens is 1. The van der Waals surface area contributed by atoms with E-state index in [0.717, 1.165) is 44.5 Å². The van der Waals surface area contributed by atoms with Crippen LogP contribution < -0.4 is 0 Å². The molecule has 0 unspecified atom stereocenters.